The second kappa shape index (κ2) is 8.70. The van der Waals surface area contributed by atoms with Crippen LogP contribution < -0.4 is 10.6 Å². The van der Waals surface area contributed by atoms with Crippen molar-refractivity contribution in [2.45, 2.75) is 48.7 Å². The average Bonchev–Trinajstić information content (AvgIpc) is 3.01. The van der Waals surface area contributed by atoms with Gasteiger partial charge in [0.2, 0.25) is 21.7 Å². The van der Waals surface area contributed by atoms with Gasteiger partial charge in [0, 0.05) is 24.4 Å². The smallest absolute Gasteiger partial charge is 0.353 e. The monoisotopic (exact) mass is 514 g/mol. The normalized spacial score (nSPS) is 23.0. The summed E-state index contributed by atoms with van der Waals surface area (Å²) in [6, 6.07) is 2.53. The number of nitrogens with one attached hydrogen (secondary N) is 2. The maximum Gasteiger partial charge on any atom is 0.353 e. The molecule has 2 saturated heterocycles. The lowest BCUT2D eigenvalue weighted by Crippen LogP contribution is -2.49. The number of aromatic nitrogens is 2. The van der Waals surface area contributed by atoms with Crippen LogP contribution in [-0.4, -0.2) is 66.7 Å². The summed E-state index contributed by atoms with van der Waals surface area (Å²) in [5.41, 5.74) is -0.702. The summed E-state index contributed by atoms with van der Waals surface area (Å²) in [4.78, 5) is 18.8. The van der Waals surface area contributed by atoms with Gasteiger partial charge in [-0.1, -0.05) is 0 Å². The number of piperidine rings is 1. The zero-order chi connectivity index (χ0) is 24.8. The second-order valence-electron chi connectivity index (χ2n) is 8.51. The third kappa shape index (κ3) is 4.81. The summed E-state index contributed by atoms with van der Waals surface area (Å²) in [5.74, 6) is -1.27. The molecule has 2 N–H and O–H groups in total. The predicted molar refractivity (Wildman–Crippen MR) is 122 cm³/mol. The van der Waals surface area contributed by atoms with E-state index in [2.05, 4.69) is 20.6 Å². The number of halogens is 1. The van der Waals surface area contributed by atoms with Gasteiger partial charge in [0.05, 0.1) is 21.8 Å². The minimum Gasteiger partial charge on any atom is -0.361 e. The van der Waals surface area contributed by atoms with Crippen molar-refractivity contribution in [2.24, 2.45) is 0 Å². The van der Waals surface area contributed by atoms with Gasteiger partial charge >= 0.3 is 5.69 Å². The first-order valence-corrected chi connectivity index (χ1v) is 14.1. The molecule has 0 saturated carbocycles. The molecule has 1 aromatic heterocycles. The largest absolute Gasteiger partial charge is 0.361 e. The van der Waals surface area contributed by atoms with Crippen molar-refractivity contribution in [1.82, 2.24) is 14.3 Å². The van der Waals surface area contributed by atoms with E-state index in [1.54, 1.807) is 0 Å². The number of sulfonamides is 1. The molecule has 12 nitrogen and oxygen atoms in total. The standard InChI is InChI=1S/C19H23FN6O6S2/c1-33(29,30)14-5-6-16(15(20)9-14)24-19-17(26(27)28)18(21-10-22-19)23-11-7-12-3-4-13(8-11)25(12)34(2,31)32/h5-6,9-13H,3-4,7-8H2,1-2H3,(H2,21,22,23,24)/t12-,13-/m1/s1. The highest BCUT2D eigenvalue weighted by molar-refractivity contribution is 7.90. The minimum absolute atomic E-state index is 0.0760. The summed E-state index contributed by atoms with van der Waals surface area (Å²) in [7, 11) is -6.98. The molecule has 2 fully saturated rings. The van der Waals surface area contributed by atoms with E-state index in [1.165, 1.54) is 16.6 Å². The summed E-state index contributed by atoms with van der Waals surface area (Å²) >= 11 is 0. The number of anilines is 3. The molecule has 2 aliphatic rings. The molecule has 0 amide bonds. The Hall–Kier alpha value is -2.91. The van der Waals surface area contributed by atoms with E-state index >= 15 is 0 Å². The molecule has 2 aliphatic heterocycles. The third-order valence-electron chi connectivity index (χ3n) is 6.02. The predicted octanol–water partition coefficient (Wildman–Crippen LogP) is 2.04. The highest BCUT2D eigenvalue weighted by Crippen LogP contribution is 2.40. The molecular formula is C19H23FN6O6S2. The third-order valence-corrected chi connectivity index (χ3v) is 8.49. The van der Waals surface area contributed by atoms with Crippen LogP contribution in [0.4, 0.5) is 27.4 Å². The van der Waals surface area contributed by atoms with Crippen molar-refractivity contribution >= 4 is 42.9 Å². The van der Waals surface area contributed by atoms with Gasteiger partial charge in [0.1, 0.15) is 12.1 Å². The van der Waals surface area contributed by atoms with Gasteiger partial charge in [-0.15, -0.1) is 0 Å². The average molecular weight is 515 g/mol. The number of nitrogens with zero attached hydrogens (tertiary/aromatic N) is 4. The zero-order valence-corrected chi connectivity index (χ0v) is 19.9. The van der Waals surface area contributed by atoms with Crippen LogP contribution in [-0.2, 0) is 19.9 Å². The van der Waals surface area contributed by atoms with E-state index in [-0.39, 0.29) is 40.3 Å². The van der Waals surface area contributed by atoms with Gasteiger partial charge < -0.3 is 10.6 Å². The van der Waals surface area contributed by atoms with Crippen molar-refractivity contribution in [2.75, 3.05) is 23.1 Å². The van der Waals surface area contributed by atoms with E-state index in [0.29, 0.717) is 12.8 Å². The molecule has 1 aromatic carbocycles. The van der Waals surface area contributed by atoms with E-state index in [0.717, 1.165) is 37.6 Å². The van der Waals surface area contributed by atoms with Gasteiger partial charge in [0.15, 0.2) is 9.84 Å². The Morgan fingerprint density at radius 1 is 1.09 bits per heavy atom. The Kier molecular flexibility index (Phi) is 6.20. The fourth-order valence-corrected chi connectivity index (χ4v) is 6.79. The summed E-state index contributed by atoms with van der Waals surface area (Å²) < 4.78 is 63.4. The van der Waals surface area contributed by atoms with Crippen molar-refractivity contribution < 1.29 is 26.1 Å². The van der Waals surface area contributed by atoms with Crippen LogP contribution in [0.3, 0.4) is 0 Å². The lowest BCUT2D eigenvalue weighted by molar-refractivity contribution is -0.383. The van der Waals surface area contributed by atoms with Crippen molar-refractivity contribution in [3.63, 3.8) is 0 Å². The van der Waals surface area contributed by atoms with Gasteiger partial charge in [-0.2, -0.15) is 4.31 Å². The maximum absolute atomic E-state index is 14.5. The van der Waals surface area contributed by atoms with Gasteiger partial charge in [-0.3, -0.25) is 10.1 Å². The Morgan fingerprint density at radius 2 is 1.71 bits per heavy atom. The highest BCUT2D eigenvalue weighted by atomic mass is 32.2. The fraction of sp³-hybridized carbons (Fsp3) is 0.474. The number of rotatable bonds is 7. The molecule has 0 aliphatic carbocycles. The van der Waals surface area contributed by atoms with Crippen LogP contribution >= 0.6 is 0 Å². The highest BCUT2D eigenvalue weighted by Gasteiger charge is 2.45. The fourth-order valence-electron chi connectivity index (χ4n) is 4.69. The molecule has 3 heterocycles. The Balaban J connectivity index is 1.59. The summed E-state index contributed by atoms with van der Waals surface area (Å²) in [6.45, 7) is 0. The van der Waals surface area contributed by atoms with Crippen LogP contribution in [0.1, 0.15) is 25.7 Å². The van der Waals surface area contributed by atoms with Crippen LogP contribution in [0.2, 0.25) is 0 Å². The van der Waals surface area contributed by atoms with E-state index in [1.807, 2.05) is 0 Å². The Morgan fingerprint density at radius 3 is 2.24 bits per heavy atom. The Labute approximate surface area is 195 Å². The minimum atomic E-state index is -3.63. The van der Waals surface area contributed by atoms with Gasteiger partial charge in [-0.25, -0.2) is 31.2 Å². The number of sulfone groups is 1. The van der Waals surface area contributed by atoms with E-state index in [9.17, 15) is 31.3 Å². The van der Waals surface area contributed by atoms with Crippen LogP contribution in [0.15, 0.2) is 29.4 Å². The first kappa shape index (κ1) is 24.2. The van der Waals surface area contributed by atoms with Crippen molar-refractivity contribution in [3.8, 4) is 0 Å². The molecule has 2 bridgehead atoms. The van der Waals surface area contributed by atoms with E-state index in [4.69, 9.17) is 0 Å². The van der Waals surface area contributed by atoms with Crippen LogP contribution in [0.25, 0.3) is 0 Å². The quantitative estimate of drug-likeness (QED) is 0.412. The second-order valence-corrected chi connectivity index (χ2v) is 12.4. The molecule has 0 radical (unpaired) electrons. The molecule has 2 aromatic rings. The summed E-state index contributed by atoms with van der Waals surface area (Å²) in [6.07, 6.45) is 5.58. The molecule has 15 heteroatoms. The van der Waals surface area contributed by atoms with Crippen LogP contribution in [0, 0.1) is 15.9 Å². The number of benzene rings is 1. The molecule has 184 valence electrons. The summed E-state index contributed by atoms with van der Waals surface area (Å²) in [5, 5.41) is 17.4. The molecule has 0 unspecified atom stereocenters. The maximum atomic E-state index is 14.5. The molecule has 4 rings (SSSR count). The lowest BCUT2D eigenvalue weighted by atomic mass is 10.00. The topological polar surface area (TPSA) is 164 Å². The number of hydrogen-bond acceptors (Lipinski definition) is 10. The molecule has 2 atom stereocenters. The first-order valence-electron chi connectivity index (χ1n) is 10.4. The van der Waals surface area contributed by atoms with Crippen molar-refractivity contribution in [1.29, 1.82) is 0 Å². The Bertz CT molecular complexity index is 1340. The first-order chi connectivity index (χ1) is 15.8. The molecule has 0 spiro atoms. The molecular weight excluding hydrogens is 491 g/mol. The number of hydrogen-bond donors (Lipinski definition) is 2. The van der Waals surface area contributed by atoms with Crippen molar-refractivity contribution in [3.05, 3.63) is 40.5 Å². The van der Waals surface area contributed by atoms with Gasteiger partial charge in [-0.05, 0) is 43.9 Å². The number of nitro groups is 1. The lowest BCUT2D eigenvalue weighted by Gasteiger charge is -2.37. The number of fused-ring (bicyclic) bond motifs is 2. The van der Waals surface area contributed by atoms with Gasteiger partial charge in [0.25, 0.3) is 0 Å². The SMILES string of the molecule is CS(=O)(=O)c1ccc(Nc2ncnc(NC3C[C@H]4CC[C@H](C3)N4S(C)(=O)=O)c2[N+](=O)[O-])c(F)c1. The van der Waals surface area contributed by atoms with E-state index < -0.39 is 36.3 Å². The van der Waals surface area contributed by atoms with Crippen LogP contribution in [0.5, 0.6) is 0 Å². The molecule has 34 heavy (non-hydrogen) atoms. The zero-order valence-electron chi connectivity index (χ0n) is 18.3.